The number of aliphatic hydroxyl groups is 1. The highest BCUT2D eigenvalue weighted by atomic mass is 16.5. The Hall–Kier alpha value is -0.120. The zero-order valence-corrected chi connectivity index (χ0v) is 12.0. The summed E-state index contributed by atoms with van der Waals surface area (Å²) in [7, 11) is 0. The summed E-state index contributed by atoms with van der Waals surface area (Å²) in [4.78, 5) is 2.59. The van der Waals surface area contributed by atoms with E-state index in [1.807, 2.05) is 6.92 Å². The normalized spacial score (nSPS) is 36.5. The van der Waals surface area contributed by atoms with Crippen LogP contribution in [-0.2, 0) is 4.74 Å². The van der Waals surface area contributed by atoms with Crippen LogP contribution in [0.4, 0.5) is 0 Å². The standard InChI is InChI=1S/C15H29NO2/c1-12(17)10-14-6-4-3-5-9-16(14)11-15-8-7-13(2)18-15/h12-15,17H,3-11H2,1-2H3. The Bertz CT molecular complexity index is 245. The number of hydrogen-bond donors (Lipinski definition) is 1. The predicted octanol–water partition coefficient (Wildman–Crippen LogP) is 2.57. The van der Waals surface area contributed by atoms with E-state index in [0.717, 1.165) is 13.0 Å². The molecule has 0 spiro atoms. The molecule has 0 aliphatic carbocycles. The molecule has 3 heteroatoms. The smallest absolute Gasteiger partial charge is 0.0706 e. The molecule has 0 bridgehead atoms. The lowest BCUT2D eigenvalue weighted by Crippen LogP contribution is -2.41. The monoisotopic (exact) mass is 255 g/mol. The lowest BCUT2D eigenvalue weighted by molar-refractivity contribution is 0.0151. The minimum atomic E-state index is -0.181. The van der Waals surface area contributed by atoms with Crippen molar-refractivity contribution in [3.63, 3.8) is 0 Å². The molecule has 1 N–H and O–H groups in total. The molecule has 0 saturated carbocycles. The highest BCUT2D eigenvalue weighted by molar-refractivity contribution is 4.81. The zero-order valence-electron chi connectivity index (χ0n) is 12.0. The molecule has 2 aliphatic rings. The van der Waals surface area contributed by atoms with Gasteiger partial charge in [-0.15, -0.1) is 0 Å². The number of nitrogens with zero attached hydrogens (tertiary/aromatic N) is 1. The molecule has 0 aromatic heterocycles. The SMILES string of the molecule is CC(O)CC1CCCCCN1CC1CCC(C)O1. The first-order valence-electron chi connectivity index (χ1n) is 7.72. The molecule has 2 saturated heterocycles. The first kappa shape index (κ1) is 14.3. The van der Waals surface area contributed by atoms with Crippen LogP contribution < -0.4 is 0 Å². The second kappa shape index (κ2) is 6.88. The summed E-state index contributed by atoms with van der Waals surface area (Å²) in [5, 5.41) is 9.66. The summed E-state index contributed by atoms with van der Waals surface area (Å²) in [6.45, 7) is 6.35. The van der Waals surface area contributed by atoms with E-state index >= 15 is 0 Å². The third-order valence-corrected chi connectivity index (χ3v) is 4.37. The van der Waals surface area contributed by atoms with Gasteiger partial charge in [0.2, 0.25) is 0 Å². The van der Waals surface area contributed by atoms with Gasteiger partial charge in [-0.3, -0.25) is 4.90 Å². The van der Waals surface area contributed by atoms with Crippen molar-refractivity contribution in [3.8, 4) is 0 Å². The molecule has 2 fully saturated rings. The van der Waals surface area contributed by atoms with Crippen molar-refractivity contribution in [2.45, 2.75) is 83.1 Å². The van der Waals surface area contributed by atoms with E-state index in [2.05, 4.69) is 11.8 Å². The van der Waals surface area contributed by atoms with E-state index < -0.39 is 0 Å². The topological polar surface area (TPSA) is 32.7 Å². The molecule has 0 aromatic rings. The maximum Gasteiger partial charge on any atom is 0.0706 e. The van der Waals surface area contributed by atoms with Crippen LogP contribution in [0.3, 0.4) is 0 Å². The molecule has 0 aromatic carbocycles. The van der Waals surface area contributed by atoms with Crippen LogP contribution in [0, 0.1) is 0 Å². The maximum atomic E-state index is 9.66. The van der Waals surface area contributed by atoms with Gasteiger partial charge < -0.3 is 9.84 Å². The average molecular weight is 255 g/mol. The van der Waals surface area contributed by atoms with Crippen LogP contribution in [0.25, 0.3) is 0 Å². The Kier molecular flexibility index (Phi) is 5.46. The van der Waals surface area contributed by atoms with Crippen LogP contribution in [-0.4, -0.2) is 47.4 Å². The average Bonchev–Trinajstić information content (AvgIpc) is 2.58. The molecule has 4 atom stereocenters. The van der Waals surface area contributed by atoms with Gasteiger partial charge in [0.15, 0.2) is 0 Å². The third-order valence-electron chi connectivity index (χ3n) is 4.37. The van der Waals surface area contributed by atoms with Crippen molar-refractivity contribution >= 4 is 0 Å². The number of ether oxygens (including phenoxy) is 1. The molecule has 106 valence electrons. The van der Waals surface area contributed by atoms with E-state index in [0.29, 0.717) is 18.2 Å². The van der Waals surface area contributed by atoms with Gasteiger partial charge in [0.05, 0.1) is 18.3 Å². The van der Waals surface area contributed by atoms with Crippen LogP contribution in [0.5, 0.6) is 0 Å². The molecule has 2 heterocycles. The van der Waals surface area contributed by atoms with Crippen molar-refractivity contribution in [2.24, 2.45) is 0 Å². The summed E-state index contributed by atoms with van der Waals surface area (Å²) in [5.41, 5.74) is 0. The van der Waals surface area contributed by atoms with Gasteiger partial charge in [-0.25, -0.2) is 0 Å². The van der Waals surface area contributed by atoms with Crippen LogP contribution >= 0.6 is 0 Å². The van der Waals surface area contributed by atoms with E-state index in [4.69, 9.17) is 4.74 Å². The van der Waals surface area contributed by atoms with Gasteiger partial charge in [-0.2, -0.15) is 0 Å². The van der Waals surface area contributed by atoms with Crippen LogP contribution in [0.2, 0.25) is 0 Å². The molecule has 2 aliphatic heterocycles. The first-order chi connectivity index (χ1) is 8.65. The second-order valence-corrected chi connectivity index (χ2v) is 6.23. The second-order valence-electron chi connectivity index (χ2n) is 6.23. The highest BCUT2D eigenvalue weighted by Crippen LogP contribution is 2.25. The first-order valence-corrected chi connectivity index (χ1v) is 7.72. The highest BCUT2D eigenvalue weighted by Gasteiger charge is 2.28. The zero-order chi connectivity index (χ0) is 13.0. The summed E-state index contributed by atoms with van der Waals surface area (Å²) in [6.07, 6.45) is 9.22. The van der Waals surface area contributed by atoms with Crippen molar-refractivity contribution in [1.29, 1.82) is 0 Å². The molecule has 4 unspecified atom stereocenters. The largest absolute Gasteiger partial charge is 0.393 e. The summed E-state index contributed by atoms with van der Waals surface area (Å²) in [5.74, 6) is 0. The number of likely N-dealkylation sites (tertiary alicyclic amines) is 1. The van der Waals surface area contributed by atoms with Crippen LogP contribution in [0.15, 0.2) is 0 Å². The van der Waals surface area contributed by atoms with Gasteiger partial charge in [-0.05, 0) is 52.5 Å². The molecule has 0 radical (unpaired) electrons. The van der Waals surface area contributed by atoms with E-state index in [1.165, 1.54) is 45.1 Å². The maximum absolute atomic E-state index is 9.66. The molecular weight excluding hydrogens is 226 g/mol. The number of aliphatic hydroxyl groups excluding tert-OH is 1. The molecular formula is C15H29NO2. The number of hydrogen-bond acceptors (Lipinski definition) is 3. The van der Waals surface area contributed by atoms with Gasteiger partial charge >= 0.3 is 0 Å². The van der Waals surface area contributed by atoms with Crippen molar-refractivity contribution in [1.82, 2.24) is 4.90 Å². The Labute approximate surface area is 112 Å². The Morgan fingerprint density at radius 3 is 2.72 bits per heavy atom. The predicted molar refractivity (Wildman–Crippen MR) is 73.7 cm³/mol. The van der Waals surface area contributed by atoms with Gasteiger partial charge in [0, 0.05) is 12.6 Å². The Morgan fingerprint density at radius 2 is 2.06 bits per heavy atom. The van der Waals surface area contributed by atoms with Crippen LogP contribution in [0.1, 0.15) is 58.8 Å². The summed E-state index contributed by atoms with van der Waals surface area (Å²) >= 11 is 0. The quantitative estimate of drug-likeness (QED) is 0.838. The van der Waals surface area contributed by atoms with Crippen molar-refractivity contribution < 1.29 is 9.84 Å². The Balaban J connectivity index is 1.88. The fourth-order valence-electron chi connectivity index (χ4n) is 3.42. The van der Waals surface area contributed by atoms with Gasteiger partial charge in [0.25, 0.3) is 0 Å². The van der Waals surface area contributed by atoms with E-state index in [-0.39, 0.29) is 6.10 Å². The minimum Gasteiger partial charge on any atom is -0.393 e. The lowest BCUT2D eigenvalue weighted by Gasteiger charge is -2.32. The Morgan fingerprint density at radius 1 is 1.22 bits per heavy atom. The fourth-order valence-corrected chi connectivity index (χ4v) is 3.42. The molecule has 18 heavy (non-hydrogen) atoms. The van der Waals surface area contributed by atoms with Gasteiger partial charge in [-0.1, -0.05) is 12.8 Å². The third kappa shape index (κ3) is 4.22. The van der Waals surface area contributed by atoms with E-state index in [9.17, 15) is 5.11 Å². The number of rotatable bonds is 4. The molecule has 3 nitrogen and oxygen atoms in total. The van der Waals surface area contributed by atoms with E-state index in [1.54, 1.807) is 0 Å². The molecule has 2 rings (SSSR count). The summed E-state index contributed by atoms with van der Waals surface area (Å²) in [6, 6.07) is 0.562. The molecule has 0 amide bonds. The lowest BCUT2D eigenvalue weighted by atomic mass is 10.0. The van der Waals surface area contributed by atoms with Crippen molar-refractivity contribution in [2.75, 3.05) is 13.1 Å². The fraction of sp³-hybridized carbons (Fsp3) is 1.00. The minimum absolute atomic E-state index is 0.181. The van der Waals surface area contributed by atoms with Gasteiger partial charge in [0.1, 0.15) is 0 Å². The summed E-state index contributed by atoms with van der Waals surface area (Å²) < 4.78 is 5.95. The van der Waals surface area contributed by atoms with Crippen molar-refractivity contribution in [3.05, 3.63) is 0 Å².